The van der Waals surface area contributed by atoms with Crippen LogP contribution in [0, 0.1) is 0 Å². The van der Waals surface area contributed by atoms with Crippen molar-refractivity contribution in [2.45, 2.75) is 5.56 Å². The fraction of sp³-hybridized carbons (Fsp3) is 0.500. The maximum Gasteiger partial charge on any atom is 0.228 e. The molecule has 0 radical (unpaired) electrons. The van der Waals surface area contributed by atoms with Gasteiger partial charge in [-0.25, -0.2) is 0 Å². The van der Waals surface area contributed by atoms with Crippen LogP contribution in [-0.2, 0) is 4.84 Å². The first-order chi connectivity index (χ1) is 3.63. The molecule has 0 heterocycles. The normalized spacial score (nSPS) is 12.2. The highest BCUT2D eigenvalue weighted by Gasteiger charge is 1.88. The first kappa shape index (κ1) is 7.38. The fourth-order valence-corrected chi connectivity index (χ4v) is 0.162. The van der Waals surface area contributed by atoms with Crippen LogP contribution in [-0.4, -0.2) is 11.5 Å². The molecule has 0 aliphatic heterocycles. The zero-order chi connectivity index (χ0) is 6.57. The number of rotatable bonds is 2. The van der Waals surface area contributed by atoms with E-state index in [-0.39, 0.29) is 5.96 Å². The summed E-state index contributed by atoms with van der Waals surface area (Å²) in [5.41, 5.74) is 13.9. The molecule has 48 valence electrons. The summed E-state index contributed by atoms with van der Waals surface area (Å²) in [5.74, 6) is -0.172. The summed E-state index contributed by atoms with van der Waals surface area (Å²) in [6, 6.07) is 0. The van der Waals surface area contributed by atoms with E-state index in [0.717, 1.165) is 0 Å². The van der Waals surface area contributed by atoms with Crippen LogP contribution in [0.1, 0.15) is 0 Å². The van der Waals surface area contributed by atoms with Gasteiger partial charge in [-0.3, -0.25) is 5.73 Å². The predicted molar refractivity (Wildman–Crippen MR) is 33.9 cm³/mol. The number of oxime groups is 1. The number of hydrogen-bond acceptors (Lipinski definition) is 4. The highest BCUT2D eigenvalue weighted by atomic mass is 32.1. The van der Waals surface area contributed by atoms with Crippen LogP contribution in [0.15, 0.2) is 5.16 Å². The molecule has 0 bridgehead atoms. The van der Waals surface area contributed by atoms with Crippen molar-refractivity contribution in [3.05, 3.63) is 0 Å². The lowest BCUT2D eigenvalue weighted by molar-refractivity contribution is 0.127. The van der Waals surface area contributed by atoms with Crippen molar-refractivity contribution in [2.75, 3.05) is 0 Å². The second-order valence-corrected chi connectivity index (χ2v) is 1.52. The smallest absolute Gasteiger partial charge is 0.228 e. The van der Waals surface area contributed by atoms with E-state index < -0.39 is 5.56 Å². The molecular weight excluding hydrogens is 128 g/mol. The first-order valence-electron chi connectivity index (χ1n) is 1.81. The lowest BCUT2D eigenvalue weighted by Crippen LogP contribution is -2.25. The molecule has 6 N–H and O–H groups in total. The van der Waals surface area contributed by atoms with Gasteiger partial charge in [-0.05, 0) is 5.16 Å². The SMILES string of the molecule is NC(N)=NO[C@H](N)S. The maximum absolute atomic E-state index is 4.96. The highest BCUT2D eigenvalue weighted by molar-refractivity contribution is 7.80. The van der Waals surface area contributed by atoms with Gasteiger partial charge in [-0.1, -0.05) is 0 Å². The van der Waals surface area contributed by atoms with E-state index in [1.54, 1.807) is 0 Å². The molecule has 0 aromatic heterocycles. The van der Waals surface area contributed by atoms with Gasteiger partial charge < -0.3 is 16.3 Å². The van der Waals surface area contributed by atoms with Gasteiger partial charge in [-0.15, -0.1) is 12.6 Å². The summed E-state index contributed by atoms with van der Waals surface area (Å²) in [4.78, 5) is 4.28. The Kier molecular flexibility index (Phi) is 3.13. The average Bonchev–Trinajstić information content (AvgIpc) is 1.61. The van der Waals surface area contributed by atoms with Gasteiger partial charge in [0.1, 0.15) is 0 Å². The van der Waals surface area contributed by atoms with Crippen LogP contribution < -0.4 is 17.2 Å². The predicted octanol–water partition coefficient (Wildman–Crippen LogP) is -1.64. The standard InChI is InChI=1S/C2H8N4OS/c3-1(4)6-7-2(5)8/h2,8H,5H2,(H4,3,4,6)/t2-/m0/s1. The summed E-state index contributed by atoms with van der Waals surface area (Å²) < 4.78 is 0. The molecule has 0 aromatic rings. The Bertz CT molecular complexity index is 88.0. The Morgan fingerprint density at radius 2 is 2.12 bits per heavy atom. The van der Waals surface area contributed by atoms with Gasteiger partial charge >= 0.3 is 0 Å². The minimum atomic E-state index is -0.767. The van der Waals surface area contributed by atoms with E-state index in [4.69, 9.17) is 17.2 Å². The van der Waals surface area contributed by atoms with Crippen molar-refractivity contribution in [1.29, 1.82) is 0 Å². The third-order valence-electron chi connectivity index (χ3n) is 0.266. The van der Waals surface area contributed by atoms with Gasteiger partial charge in [0.2, 0.25) is 11.5 Å². The molecule has 0 saturated heterocycles. The van der Waals surface area contributed by atoms with E-state index in [9.17, 15) is 0 Å². The third-order valence-corrected chi connectivity index (χ3v) is 0.360. The molecule has 1 atom stereocenters. The molecule has 0 saturated carbocycles. The molecule has 8 heavy (non-hydrogen) atoms. The van der Waals surface area contributed by atoms with Crippen LogP contribution in [0.5, 0.6) is 0 Å². The van der Waals surface area contributed by atoms with Crippen LogP contribution in [0.25, 0.3) is 0 Å². The Morgan fingerprint density at radius 3 is 2.25 bits per heavy atom. The molecule has 0 amide bonds. The molecule has 0 aliphatic rings. The maximum atomic E-state index is 4.96. The summed E-state index contributed by atoms with van der Waals surface area (Å²) in [5, 5.41) is 3.09. The highest BCUT2D eigenvalue weighted by Crippen LogP contribution is 1.85. The van der Waals surface area contributed by atoms with Crippen LogP contribution >= 0.6 is 12.6 Å². The zero-order valence-electron chi connectivity index (χ0n) is 4.11. The third kappa shape index (κ3) is 5.38. The number of guanidine groups is 1. The molecule has 0 aliphatic carbocycles. The van der Waals surface area contributed by atoms with Gasteiger partial charge in [0, 0.05) is 0 Å². The van der Waals surface area contributed by atoms with E-state index >= 15 is 0 Å². The first-order valence-corrected chi connectivity index (χ1v) is 2.33. The van der Waals surface area contributed by atoms with Crippen LogP contribution in [0.3, 0.4) is 0 Å². The summed E-state index contributed by atoms with van der Waals surface area (Å²) in [7, 11) is 0. The molecule has 0 rings (SSSR count). The molecular formula is C2H8N4OS. The topological polar surface area (TPSA) is 99.7 Å². The van der Waals surface area contributed by atoms with E-state index in [1.165, 1.54) is 0 Å². The van der Waals surface area contributed by atoms with Crippen molar-refractivity contribution >= 4 is 18.6 Å². The molecule has 6 heteroatoms. The van der Waals surface area contributed by atoms with Crippen molar-refractivity contribution < 1.29 is 4.84 Å². The Labute approximate surface area is 52.2 Å². The second-order valence-electron chi connectivity index (χ2n) is 1.01. The molecule has 0 spiro atoms. The van der Waals surface area contributed by atoms with E-state index in [2.05, 4.69) is 22.6 Å². The second kappa shape index (κ2) is 3.39. The van der Waals surface area contributed by atoms with Crippen LogP contribution in [0.2, 0.25) is 0 Å². The van der Waals surface area contributed by atoms with Gasteiger partial charge in [-0.2, -0.15) is 0 Å². The quantitative estimate of drug-likeness (QED) is 0.120. The minimum Gasteiger partial charge on any atom is -0.367 e. The zero-order valence-corrected chi connectivity index (χ0v) is 5.01. The molecule has 0 unspecified atom stereocenters. The van der Waals surface area contributed by atoms with Gasteiger partial charge in [0.25, 0.3) is 0 Å². The Morgan fingerprint density at radius 1 is 1.62 bits per heavy atom. The monoisotopic (exact) mass is 136 g/mol. The molecule has 0 aromatic carbocycles. The summed E-state index contributed by atoms with van der Waals surface area (Å²) >= 11 is 3.61. The van der Waals surface area contributed by atoms with Crippen molar-refractivity contribution in [3.8, 4) is 0 Å². The van der Waals surface area contributed by atoms with Crippen molar-refractivity contribution in [3.63, 3.8) is 0 Å². The molecule has 0 fully saturated rings. The number of nitrogens with two attached hydrogens (primary N) is 3. The van der Waals surface area contributed by atoms with Crippen LogP contribution in [0.4, 0.5) is 0 Å². The minimum absolute atomic E-state index is 0.172. The number of hydrogen-bond donors (Lipinski definition) is 4. The lowest BCUT2D eigenvalue weighted by Gasteiger charge is -1.98. The number of nitrogens with zero attached hydrogens (tertiary/aromatic N) is 1. The number of thiol groups is 1. The molecule has 5 nitrogen and oxygen atoms in total. The van der Waals surface area contributed by atoms with Crippen molar-refractivity contribution in [2.24, 2.45) is 22.4 Å². The fourth-order valence-electron chi connectivity index (χ4n) is 0.115. The Balaban J connectivity index is 3.29. The lowest BCUT2D eigenvalue weighted by atomic mass is 11.1. The van der Waals surface area contributed by atoms with E-state index in [0.29, 0.717) is 0 Å². The van der Waals surface area contributed by atoms with Crippen molar-refractivity contribution in [1.82, 2.24) is 0 Å². The summed E-state index contributed by atoms with van der Waals surface area (Å²) in [6.45, 7) is 0. The average molecular weight is 136 g/mol. The summed E-state index contributed by atoms with van der Waals surface area (Å²) in [6.07, 6.45) is 0. The van der Waals surface area contributed by atoms with E-state index in [1.807, 2.05) is 0 Å². The van der Waals surface area contributed by atoms with Gasteiger partial charge in [0.15, 0.2) is 0 Å². The largest absolute Gasteiger partial charge is 0.367 e. The van der Waals surface area contributed by atoms with Gasteiger partial charge in [0.05, 0.1) is 0 Å². The Hall–Kier alpha value is -0.620.